The second kappa shape index (κ2) is 10.2. The van der Waals surface area contributed by atoms with Gasteiger partial charge in [0.2, 0.25) is 5.91 Å². The number of H-pyrrole nitrogens is 1. The highest BCUT2D eigenvalue weighted by molar-refractivity contribution is 5.79. The Morgan fingerprint density at radius 2 is 1.81 bits per heavy atom. The van der Waals surface area contributed by atoms with Crippen molar-refractivity contribution < 1.29 is 13.6 Å². The van der Waals surface area contributed by atoms with E-state index in [0.717, 1.165) is 12.1 Å². The Balaban J connectivity index is 1.83. The maximum atomic E-state index is 13.6. The first-order chi connectivity index (χ1) is 15.2. The van der Waals surface area contributed by atoms with Gasteiger partial charge in [0.05, 0.1) is 6.42 Å². The summed E-state index contributed by atoms with van der Waals surface area (Å²) in [7, 11) is 3.73. The molecule has 0 aliphatic rings. The molecule has 1 aromatic carbocycles. The first-order valence-electron chi connectivity index (χ1n) is 9.98. The molecule has 0 atom stereocenters. The molecule has 0 aliphatic heterocycles. The van der Waals surface area contributed by atoms with Gasteiger partial charge in [0.1, 0.15) is 0 Å². The fraction of sp³-hybridized carbons (Fsp3) is 0.318. The average molecular weight is 442 g/mol. The second-order valence-electron chi connectivity index (χ2n) is 7.59. The molecule has 0 radical (unpaired) electrons. The van der Waals surface area contributed by atoms with Gasteiger partial charge >= 0.3 is 0 Å². The summed E-state index contributed by atoms with van der Waals surface area (Å²) >= 11 is 0. The van der Waals surface area contributed by atoms with Gasteiger partial charge in [0.15, 0.2) is 23.3 Å². The second-order valence-corrected chi connectivity index (χ2v) is 7.59. The molecule has 1 N–H and O–H groups in total. The van der Waals surface area contributed by atoms with E-state index in [1.165, 1.54) is 23.4 Å². The van der Waals surface area contributed by atoms with Crippen LogP contribution in [0.2, 0.25) is 0 Å². The number of hydrogen-bond acceptors (Lipinski definition) is 6. The number of aromatic nitrogens is 4. The molecule has 3 rings (SSSR count). The third-order valence-corrected chi connectivity index (χ3v) is 4.86. The number of hydrogen-bond donors (Lipinski definition) is 1. The Morgan fingerprint density at radius 1 is 1.09 bits per heavy atom. The van der Waals surface area contributed by atoms with Gasteiger partial charge in [-0.2, -0.15) is 0 Å². The Labute approximate surface area is 184 Å². The molecule has 0 unspecified atom stereocenters. The van der Waals surface area contributed by atoms with Crippen LogP contribution in [0.4, 0.5) is 8.78 Å². The standard InChI is InChI=1S/C22H24F2N6O2/c1-14-16(22(32)28-21(27-14)20-25-7-4-8-26-20)12-19(31)30(10-9-29(2)3)13-15-5-6-17(23)18(24)11-15/h4-8,11H,9-10,12-13H2,1-3H3,(H,27,28,32). The SMILES string of the molecule is Cc1nc(-c2ncccn2)[nH]c(=O)c1CC(=O)N(CCN(C)C)Cc1ccc(F)c(F)c1. The van der Waals surface area contributed by atoms with Gasteiger partial charge in [0, 0.05) is 43.3 Å². The molecular weight excluding hydrogens is 418 g/mol. The summed E-state index contributed by atoms with van der Waals surface area (Å²) in [4.78, 5) is 44.3. The summed E-state index contributed by atoms with van der Waals surface area (Å²) in [6.07, 6.45) is 2.90. The molecular formula is C22H24F2N6O2. The molecule has 168 valence electrons. The lowest BCUT2D eigenvalue weighted by Gasteiger charge is -2.25. The Bertz CT molecular complexity index is 1150. The van der Waals surface area contributed by atoms with Crippen molar-refractivity contribution in [2.45, 2.75) is 19.9 Å². The van der Waals surface area contributed by atoms with Gasteiger partial charge in [-0.25, -0.2) is 23.7 Å². The van der Waals surface area contributed by atoms with Crippen LogP contribution in [0.15, 0.2) is 41.5 Å². The molecule has 0 bridgehead atoms. The van der Waals surface area contributed by atoms with Gasteiger partial charge in [0.25, 0.3) is 5.56 Å². The van der Waals surface area contributed by atoms with Gasteiger partial charge < -0.3 is 14.8 Å². The lowest BCUT2D eigenvalue weighted by molar-refractivity contribution is -0.131. The van der Waals surface area contributed by atoms with Crippen molar-refractivity contribution in [2.75, 3.05) is 27.2 Å². The first kappa shape index (κ1) is 23.1. The number of rotatable bonds is 8. The van der Waals surface area contributed by atoms with Gasteiger partial charge in [-0.05, 0) is 44.8 Å². The van der Waals surface area contributed by atoms with Crippen LogP contribution in [-0.2, 0) is 17.8 Å². The third-order valence-electron chi connectivity index (χ3n) is 4.86. The number of nitrogens with zero attached hydrogens (tertiary/aromatic N) is 5. The zero-order valence-electron chi connectivity index (χ0n) is 18.1. The molecule has 10 heteroatoms. The maximum Gasteiger partial charge on any atom is 0.255 e. The van der Waals surface area contributed by atoms with Crippen molar-refractivity contribution in [3.05, 3.63) is 75.5 Å². The van der Waals surface area contributed by atoms with E-state index < -0.39 is 17.2 Å². The molecule has 32 heavy (non-hydrogen) atoms. The quantitative estimate of drug-likeness (QED) is 0.573. The van der Waals surface area contributed by atoms with Crippen molar-refractivity contribution in [1.29, 1.82) is 0 Å². The van der Waals surface area contributed by atoms with Crippen LogP contribution in [0.5, 0.6) is 0 Å². The minimum atomic E-state index is -0.974. The summed E-state index contributed by atoms with van der Waals surface area (Å²) in [5.41, 5.74) is 0.629. The minimum Gasteiger partial charge on any atom is -0.337 e. The largest absolute Gasteiger partial charge is 0.337 e. The lowest BCUT2D eigenvalue weighted by atomic mass is 10.1. The van der Waals surface area contributed by atoms with E-state index in [2.05, 4.69) is 19.9 Å². The first-order valence-corrected chi connectivity index (χ1v) is 9.98. The number of benzene rings is 1. The lowest BCUT2D eigenvalue weighted by Crippen LogP contribution is -2.38. The minimum absolute atomic E-state index is 0.0875. The van der Waals surface area contributed by atoms with E-state index in [4.69, 9.17) is 0 Å². The normalized spacial score (nSPS) is 11.1. The van der Waals surface area contributed by atoms with E-state index in [0.29, 0.717) is 24.3 Å². The van der Waals surface area contributed by atoms with Crippen molar-refractivity contribution in [1.82, 2.24) is 29.7 Å². The number of carbonyl (C=O) groups excluding carboxylic acids is 1. The van der Waals surface area contributed by atoms with Crippen LogP contribution in [0.3, 0.4) is 0 Å². The van der Waals surface area contributed by atoms with Crippen molar-refractivity contribution in [3.8, 4) is 11.6 Å². The zero-order chi connectivity index (χ0) is 23.3. The molecule has 0 saturated carbocycles. The van der Waals surface area contributed by atoms with Crippen LogP contribution < -0.4 is 5.56 Å². The molecule has 8 nitrogen and oxygen atoms in total. The predicted octanol–water partition coefficient (Wildman–Crippen LogP) is 1.95. The Hall–Kier alpha value is -3.53. The van der Waals surface area contributed by atoms with Crippen LogP contribution in [-0.4, -0.2) is 62.8 Å². The van der Waals surface area contributed by atoms with Crippen LogP contribution >= 0.6 is 0 Å². The Kier molecular flexibility index (Phi) is 7.37. The van der Waals surface area contributed by atoms with E-state index in [1.54, 1.807) is 13.0 Å². The summed E-state index contributed by atoms with van der Waals surface area (Å²) in [6.45, 7) is 2.65. The average Bonchev–Trinajstić information content (AvgIpc) is 2.76. The summed E-state index contributed by atoms with van der Waals surface area (Å²) in [6, 6.07) is 5.18. The molecule has 0 aliphatic carbocycles. The Morgan fingerprint density at radius 3 is 2.44 bits per heavy atom. The predicted molar refractivity (Wildman–Crippen MR) is 115 cm³/mol. The van der Waals surface area contributed by atoms with E-state index in [-0.39, 0.29) is 36.1 Å². The van der Waals surface area contributed by atoms with Gasteiger partial charge in [-0.15, -0.1) is 0 Å². The van der Waals surface area contributed by atoms with E-state index >= 15 is 0 Å². The number of nitrogens with one attached hydrogen (secondary N) is 1. The number of likely N-dealkylation sites (N-methyl/N-ethyl adjacent to an activating group) is 1. The van der Waals surface area contributed by atoms with Crippen LogP contribution in [0.25, 0.3) is 11.6 Å². The number of halogens is 2. The highest BCUT2D eigenvalue weighted by atomic mass is 19.2. The van der Waals surface area contributed by atoms with Gasteiger partial charge in [-0.3, -0.25) is 9.59 Å². The molecule has 1 amide bonds. The highest BCUT2D eigenvalue weighted by Crippen LogP contribution is 2.14. The fourth-order valence-electron chi connectivity index (χ4n) is 3.08. The van der Waals surface area contributed by atoms with Crippen molar-refractivity contribution >= 4 is 5.91 Å². The topological polar surface area (TPSA) is 95.1 Å². The zero-order valence-corrected chi connectivity index (χ0v) is 18.1. The molecule has 0 fully saturated rings. The summed E-state index contributed by atoms with van der Waals surface area (Å²) < 4.78 is 26.9. The van der Waals surface area contributed by atoms with Crippen LogP contribution in [0.1, 0.15) is 16.8 Å². The molecule has 0 saturated heterocycles. The molecule has 2 aromatic heterocycles. The number of carbonyl (C=O) groups is 1. The smallest absolute Gasteiger partial charge is 0.255 e. The molecule has 0 spiro atoms. The van der Waals surface area contributed by atoms with Crippen LogP contribution in [0, 0.1) is 18.6 Å². The maximum absolute atomic E-state index is 13.6. The van der Waals surface area contributed by atoms with Crippen molar-refractivity contribution in [2.24, 2.45) is 0 Å². The van der Waals surface area contributed by atoms with Gasteiger partial charge in [-0.1, -0.05) is 6.07 Å². The number of aryl methyl sites for hydroxylation is 1. The number of amides is 1. The highest BCUT2D eigenvalue weighted by Gasteiger charge is 2.20. The third kappa shape index (κ3) is 5.79. The van der Waals surface area contributed by atoms with Crippen molar-refractivity contribution in [3.63, 3.8) is 0 Å². The molecule has 2 heterocycles. The fourth-order valence-corrected chi connectivity index (χ4v) is 3.08. The summed E-state index contributed by atoms with van der Waals surface area (Å²) in [5.74, 6) is -1.75. The molecule has 3 aromatic rings. The van der Waals surface area contributed by atoms with E-state index in [1.807, 2.05) is 19.0 Å². The summed E-state index contributed by atoms with van der Waals surface area (Å²) in [5, 5.41) is 0. The number of aromatic amines is 1. The van der Waals surface area contributed by atoms with E-state index in [9.17, 15) is 18.4 Å². The monoisotopic (exact) mass is 442 g/mol.